The van der Waals surface area contributed by atoms with E-state index in [1.807, 2.05) is 6.07 Å². The Morgan fingerprint density at radius 1 is 1.29 bits per heavy atom. The van der Waals surface area contributed by atoms with Crippen molar-refractivity contribution >= 4 is 15.9 Å². The van der Waals surface area contributed by atoms with Crippen molar-refractivity contribution in [2.75, 3.05) is 6.54 Å². The van der Waals surface area contributed by atoms with Crippen LogP contribution in [0.5, 0.6) is 0 Å². The SMILES string of the molecule is C[C@H](NC(=O)c1ccc(S(=O)(=O)NCCC#N)cc1)c1ccco1. The van der Waals surface area contributed by atoms with Crippen LogP contribution in [-0.4, -0.2) is 20.9 Å². The Hall–Kier alpha value is -2.63. The van der Waals surface area contributed by atoms with E-state index in [0.717, 1.165) is 0 Å². The number of carbonyl (C=O) groups excluding carboxylic acids is 1. The van der Waals surface area contributed by atoms with Crippen LogP contribution in [-0.2, 0) is 10.0 Å². The number of hydrogen-bond acceptors (Lipinski definition) is 5. The summed E-state index contributed by atoms with van der Waals surface area (Å²) < 4.78 is 31.5. The summed E-state index contributed by atoms with van der Waals surface area (Å²) in [5.41, 5.74) is 0.337. The van der Waals surface area contributed by atoms with Gasteiger partial charge in [-0.1, -0.05) is 0 Å². The van der Waals surface area contributed by atoms with E-state index in [0.29, 0.717) is 11.3 Å². The van der Waals surface area contributed by atoms with Crippen molar-refractivity contribution in [1.82, 2.24) is 10.0 Å². The van der Waals surface area contributed by atoms with Crippen molar-refractivity contribution in [2.45, 2.75) is 24.3 Å². The zero-order valence-electron chi connectivity index (χ0n) is 13.0. The fourth-order valence-corrected chi connectivity index (χ4v) is 3.03. The molecule has 126 valence electrons. The van der Waals surface area contributed by atoms with Gasteiger partial charge in [0.25, 0.3) is 5.91 Å². The number of rotatable bonds is 7. The summed E-state index contributed by atoms with van der Waals surface area (Å²) in [4.78, 5) is 12.2. The molecule has 0 saturated heterocycles. The first-order valence-corrected chi connectivity index (χ1v) is 8.73. The second-order valence-electron chi connectivity index (χ2n) is 5.04. The van der Waals surface area contributed by atoms with E-state index in [4.69, 9.17) is 9.68 Å². The molecular formula is C16H17N3O4S. The van der Waals surface area contributed by atoms with E-state index in [1.165, 1.54) is 30.5 Å². The Morgan fingerprint density at radius 2 is 2.00 bits per heavy atom. The number of nitriles is 1. The average molecular weight is 347 g/mol. The van der Waals surface area contributed by atoms with Gasteiger partial charge in [-0.3, -0.25) is 4.79 Å². The summed E-state index contributed by atoms with van der Waals surface area (Å²) >= 11 is 0. The number of carbonyl (C=O) groups is 1. The van der Waals surface area contributed by atoms with Gasteiger partial charge in [0.2, 0.25) is 10.0 Å². The maximum absolute atomic E-state index is 12.2. The number of benzene rings is 1. The van der Waals surface area contributed by atoms with Crippen LogP contribution in [0.3, 0.4) is 0 Å². The van der Waals surface area contributed by atoms with E-state index >= 15 is 0 Å². The van der Waals surface area contributed by atoms with Gasteiger partial charge in [-0.15, -0.1) is 0 Å². The predicted molar refractivity (Wildman–Crippen MR) is 86.4 cm³/mol. The minimum Gasteiger partial charge on any atom is -0.467 e. The average Bonchev–Trinajstić information content (AvgIpc) is 3.09. The van der Waals surface area contributed by atoms with Crippen molar-refractivity contribution < 1.29 is 17.6 Å². The zero-order valence-corrected chi connectivity index (χ0v) is 13.8. The minimum absolute atomic E-state index is 0.0380. The molecule has 0 aliphatic rings. The quantitative estimate of drug-likeness (QED) is 0.744. The zero-order chi connectivity index (χ0) is 17.6. The van der Waals surface area contributed by atoms with Gasteiger partial charge in [0.15, 0.2) is 0 Å². The minimum atomic E-state index is -3.68. The van der Waals surface area contributed by atoms with Gasteiger partial charge < -0.3 is 9.73 Å². The number of nitrogens with zero attached hydrogens (tertiary/aromatic N) is 1. The smallest absolute Gasteiger partial charge is 0.251 e. The molecule has 0 unspecified atom stereocenters. The van der Waals surface area contributed by atoms with Crippen LogP contribution in [0.4, 0.5) is 0 Å². The van der Waals surface area contributed by atoms with E-state index in [-0.39, 0.29) is 29.8 Å². The molecule has 0 saturated carbocycles. The lowest BCUT2D eigenvalue weighted by Gasteiger charge is -2.12. The Labute approximate surface area is 140 Å². The third kappa shape index (κ3) is 4.44. The lowest BCUT2D eigenvalue weighted by molar-refractivity contribution is 0.0935. The number of hydrogen-bond donors (Lipinski definition) is 2. The third-order valence-corrected chi connectivity index (χ3v) is 4.75. The Bertz CT molecular complexity index is 821. The Balaban J connectivity index is 2.03. The summed E-state index contributed by atoms with van der Waals surface area (Å²) in [7, 11) is -3.68. The van der Waals surface area contributed by atoms with Gasteiger partial charge >= 0.3 is 0 Å². The molecule has 8 heteroatoms. The highest BCUT2D eigenvalue weighted by molar-refractivity contribution is 7.89. The van der Waals surface area contributed by atoms with Crippen molar-refractivity contribution in [2.24, 2.45) is 0 Å². The molecule has 1 amide bonds. The summed E-state index contributed by atoms with van der Waals surface area (Å²) in [6.07, 6.45) is 1.61. The van der Waals surface area contributed by atoms with Gasteiger partial charge in [-0.05, 0) is 43.3 Å². The second kappa shape index (κ2) is 7.77. The molecule has 7 nitrogen and oxygen atoms in total. The first-order valence-electron chi connectivity index (χ1n) is 7.25. The van der Waals surface area contributed by atoms with Crippen LogP contribution in [0, 0.1) is 11.3 Å². The van der Waals surface area contributed by atoms with Gasteiger partial charge in [-0.2, -0.15) is 5.26 Å². The number of furan rings is 1. The van der Waals surface area contributed by atoms with Crippen LogP contribution >= 0.6 is 0 Å². The third-order valence-electron chi connectivity index (χ3n) is 3.27. The molecule has 1 aromatic carbocycles. The molecule has 0 fully saturated rings. The summed E-state index contributed by atoms with van der Waals surface area (Å²) in [6, 6.07) is 10.6. The maximum Gasteiger partial charge on any atom is 0.251 e. The van der Waals surface area contributed by atoms with Crippen LogP contribution in [0.2, 0.25) is 0 Å². The first kappa shape index (κ1) is 17.7. The van der Waals surface area contributed by atoms with Crippen LogP contribution < -0.4 is 10.0 Å². The van der Waals surface area contributed by atoms with Crippen LogP contribution in [0.1, 0.15) is 35.5 Å². The molecule has 0 aliphatic heterocycles. The van der Waals surface area contributed by atoms with Gasteiger partial charge in [-0.25, -0.2) is 13.1 Å². The fourth-order valence-electron chi connectivity index (χ4n) is 2.00. The molecule has 2 aromatic rings. The topological polar surface area (TPSA) is 112 Å². The highest BCUT2D eigenvalue weighted by Crippen LogP contribution is 2.15. The number of sulfonamides is 1. The molecular weight excluding hydrogens is 330 g/mol. The fraction of sp³-hybridized carbons (Fsp3) is 0.250. The second-order valence-corrected chi connectivity index (χ2v) is 6.81. The summed E-state index contributed by atoms with van der Waals surface area (Å²) in [5, 5.41) is 11.2. The summed E-state index contributed by atoms with van der Waals surface area (Å²) in [5.74, 6) is 0.296. The van der Waals surface area contributed by atoms with E-state index in [1.54, 1.807) is 19.1 Å². The predicted octanol–water partition coefficient (Wildman–Crippen LogP) is 1.96. The first-order chi connectivity index (χ1) is 11.4. The lowest BCUT2D eigenvalue weighted by atomic mass is 10.2. The van der Waals surface area contributed by atoms with Gasteiger partial charge in [0.05, 0.1) is 23.3 Å². The standard InChI is InChI=1S/C16H17N3O4S/c1-12(15-4-2-11-23-15)19-16(20)13-5-7-14(8-6-13)24(21,22)18-10-3-9-17/h2,4-8,11-12,18H,3,10H2,1H3,(H,19,20)/t12-/m0/s1. The molecule has 1 atom stereocenters. The van der Waals surface area contributed by atoms with Crippen LogP contribution in [0.25, 0.3) is 0 Å². The summed E-state index contributed by atoms with van der Waals surface area (Å²) in [6.45, 7) is 1.83. The molecule has 0 spiro atoms. The molecule has 0 radical (unpaired) electrons. The van der Waals surface area contributed by atoms with Gasteiger partial charge in [0.1, 0.15) is 5.76 Å². The number of nitrogens with one attached hydrogen (secondary N) is 2. The van der Waals surface area contributed by atoms with E-state index in [9.17, 15) is 13.2 Å². The molecule has 0 aliphatic carbocycles. The number of amides is 1. The lowest BCUT2D eigenvalue weighted by Crippen LogP contribution is -2.27. The molecule has 2 rings (SSSR count). The highest BCUT2D eigenvalue weighted by atomic mass is 32.2. The molecule has 24 heavy (non-hydrogen) atoms. The molecule has 1 heterocycles. The van der Waals surface area contributed by atoms with E-state index < -0.39 is 10.0 Å². The molecule has 1 aromatic heterocycles. The monoisotopic (exact) mass is 347 g/mol. The Morgan fingerprint density at radius 3 is 2.58 bits per heavy atom. The molecule has 2 N–H and O–H groups in total. The van der Waals surface area contributed by atoms with E-state index in [2.05, 4.69) is 10.0 Å². The molecule has 0 bridgehead atoms. The Kier molecular flexibility index (Phi) is 5.73. The van der Waals surface area contributed by atoms with Gasteiger partial charge in [0, 0.05) is 18.5 Å². The van der Waals surface area contributed by atoms with Crippen molar-refractivity contribution in [3.05, 3.63) is 54.0 Å². The highest BCUT2D eigenvalue weighted by Gasteiger charge is 2.16. The van der Waals surface area contributed by atoms with Crippen molar-refractivity contribution in [3.63, 3.8) is 0 Å². The normalized spacial score (nSPS) is 12.3. The van der Waals surface area contributed by atoms with Crippen molar-refractivity contribution in [3.8, 4) is 6.07 Å². The largest absolute Gasteiger partial charge is 0.467 e. The van der Waals surface area contributed by atoms with Crippen LogP contribution in [0.15, 0.2) is 52.0 Å². The maximum atomic E-state index is 12.2. The van der Waals surface area contributed by atoms with Crippen molar-refractivity contribution in [1.29, 1.82) is 5.26 Å².